The van der Waals surface area contributed by atoms with Gasteiger partial charge in [0, 0.05) is 11.8 Å². The number of ether oxygens (including phenoxy) is 1. The van der Waals surface area contributed by atoms with Gasteiger partial charge in [0.2, 0.25) is 0 Å². The van der Waals surface area contributed by atoms with Gasteiger partial charge in [0.1, 0.15) is 17.1 Å². The van der Waals surface area contributed by atoms with Crippen molar-refractivity contribution in [1.82, 2.24) is 0 Å². The third kappa shape index (κ3) is 3.50. The number of aromatic hydroxyl groups is 1. The monoisotopic (exact) mass is 287 g/mol. The average Bonchev–Trinajstić information content (AvgIpc) is 2.41. The standard InChI is InChI=1S/C15H13NO5/c1-9-4-2-3-5-13(9)21-15(20)16-10-6-7-11(14(18)19)12(17)8-10/h2-8,17H,1H3,(H,16,20)(H,18,19). The van der Waals surface area contributed by atoms with Gasteiger partial charge in [0.15, 0.2) is 0 Å². The van der Waals surface area contributed by atoms with E-state index in [0.717, 1.165) is 11.6 Å². The Kier molecular flexibility index (Phi) is 4.08. The molecule has 0 saturated heterocycles. The summed E-state index contributed by atoms with van der Waals surface area (Å²) in [5.41, 5.74) is 0.792. The van der Waals surface area contributed by atoms with Crippen molar-refractivity contribution in [2.75, 3.05) is 5.32 Å². The zero-order chi connectivity index (χ0) is 15.4. The second-order valence-electron chi connectivity index (χ2n) is 4.32. The van der Waals surface area contributed by atoms with Crippen molar-refractivity contribution in [3.63, 3.8) is 0 Å². The molecule has 3 N–H and O–H groups in total. The zero-order valence-electron chi connectivity index (χ0n) is 11.2. The summed E-state index contributed by atoms with van der Waals surface area (Å²) in [5.74, 6) is -1.26. The molecule has 0 saturated carbocycles. The van der Waals surface area contributed by atoms with E-state index in [-0.39, 0.29) is 11.3 Å². The first-order valence-corrected chi connectivity index (χ1v) is 6.08. The van der Waals surface area contributed by atoms with Gasteiger partial charge in [-0.15, -0.1) is 0 Å². The Morgan fingerprint density at radius 2 is 1.86 bits per heavy atom. The number of aryl methyl sites for hydroxylation is 1. The number of hydrogen-bond donors (Lipinski definition) is 3. The number of carbonyl (C=O) groups excluding carboxylic acids is 1. The van der Waals surface area contributed by atoms with Gasteiger partial charge in [0.25, 0.3) is 0 Å². The fourth-order valence-corrected chi connectivity index (χ4v) is 1.70. The van der Waals surface area contributed by atoms with Gasteiger partial charge in [-0.2, -0.15) is 0 Å². The second-order valence-corrected chi connectivity index (χ2v) is 4.32. The molecule has 6 nitrogen and oxygen atoms in total. The number of aromatic carboxylic acids is 1. The molecule has 2 aromatic carbocycles. The van der Waals surface area contributed by atoms with Crippen LogP contribution in [0.2, 0.25) is 0 Å². The summed E-state index contributed by atoms with van der Waals surface area (Å²) in [4.78, 5) is 22.5. The Morgan fingerprint density at radius 1 is 1.14 bits per heavy atom. The van der Waals surface area contributed by atoms with Crippen LogP contribution in [0, 0.1) is 6.92 Å². The number of anilines is 1. The van der Waals surface area contributed by atoms with Crippen molar-refractivity contribution in [1.29, 1.82) is 0 Å². The lowest BCUT2D eigenvalue weighted by Gasteiger charge is -2.09. The highest BCUT2D eigenvalue weighted by molar-refractivity contribution is 5.93. The normalized spacial score (nSPS) is 9.95. The van der Waals surface area contributed by atoms with Gasteiger partial charge in [-0.1, -0.05) is 18.2 Å². The quantitative estimate of drug-likeness (QED) is 0.806. The number of carboxylic acid groups (broad SMARTS) is 1. The van der Waals surface area contributed by atoms with Crippen LogP contribution in [0.25, 0.3) is 0 Å². The van der Waals surface area contributed by atoms with Crippen LogP contribution < -0.4 is 10.1 Å². The van der Waals surface area contributed by atoms with Crippen molar-refractivity contribution >= 4 is 17.7 Å². The van der Waals surface area contributed by atoms with Crippen LogP contribution in [0.5, 0.6) is 11.5 Å². The Hall–Kier alpha value is -3.02. The number of amides is 1. The van der Waals surface area contributed by atoms with Crippen LogP contribution in [-0.2, 0) is 0 Å². The molecule has 2 rings (SSSR count). The van der Waals surface area contributed by atoms with Crippen LogP contribution in [-0.4, -0.2) is 22.3 Å². The first-order valence-electron chi connectivity index (χ1n) is 6.08. The summed E-state index contributed by atoms with van der Waals surface area (Å²) >= 11 is 0. The summed E-state index contributed by atoms with van der Waals surface area (Å²) in [6, 6.07) is 10.7. The molecule has 108 valence electrons. The Labute approximate surface area is 120 Å². The SMILES string of the molecule is Cc1ccccc1OC(=O)Nc1ccc(C(=O)O)c(O)c1. The number of carboxylic acids is 1. The minimum atomic E-state index is -1.25. The van der Waals surface area contributed by atoms with Crippen molar-refractivity contribution < 1.29 is 24.5 Å². The lowest BCUT2D eigenvalue weighted by Crippen LogP contribution is -2.17. The molecule has 21 heavy (non-hydrogen) atoms. The van der Waals surface area contributed by atoms with Crippen molar-refractivity contribution in [3.05, 3.63) is 53.6 Å². The minimum Gasteiger partial charge on any atom is -0.507 e. The molecule has 0 spiro atoms. The van der Waals surface area contributed by atoms with E-state index in [2.05, 4.69) is 5.32 Å². The van der Waals surface area contributed by atoms with Gasteiger partial charge in [0.05, 0.1) is 0 Å². The molecular weight excluding hydrogens is 274 g/mol. The lowest BCUT2D eigenvalue weighted by molar-refractivity contribution is 0.0693. The van der Waals surface area contributed by atoms with Crippen LogP contribution >= 0.6 is 0 Å². The molecule has 1 amide bonds. The molecule has 0 aliphatic carbocycles. The summed E-state index contributed by atoms with van der Waals surface area (Å²) in [6.45, 7) is 1.80. The number of benzene rings is 2. The third-order valence-corrected chi connectivity index (χ3v) is 2.77. The molecule has 0 heterocycles. The highest BCUT2D eigenvalue weighted by Gasteiger charge is 2.12. The Balaban J connectivity index is 2.08. The maximum atomic E-state index is 11.7. The average molecular weight is 287 g/mol. The highest BCUT2D eigenvalue weighted by Crippen LogP contribution is 2.22. The number of nitrogens with one attached hydrogen (secondary N) is 1. The van der Waals surface area contributed by atoms with Crippen LogP contribution in [0.3, 0.4) is 0 Å². The predicted molar refractivity (Wildman–Crippen MR) is 75.9 cm³/mol. The molecule has 0 atom stereocenters. The number of hydrogen-bond acceptors (Lipinski definition) is 4. The number of carbonyl (C=O) groups is 2. The largest absolute Gasteiger partial charge is 0.507 e. The first-order chi connectivity index (χ1) is 9.97. The minimum absolute atomic E-state index is 0.232. The van der Waals surface area contributed by atoms with E-state index in [9.17, 15) is 14.7 Å². The van der Waals surface area contributed by atoms with Gasteiger partial charge < -0.3 is 14.9 Å². The molecule has 0 aliphatic rings. The van der Waals surface area contributed by atoms with Gasteiger partial charge in [-0.05, 0) is 30.7 Å². The van der Waals surface area contributed by atoms with Crippen molar-refractivity contribution in [3.8, 4) is 11.5 Å². The van der Waals surface area contributed by atoms with E-state index < -0.39 is 17.8 Å². The Morgan fingerprint density at radius 3 is 2.48 bits per heavy atom. The van der Waals surface area contributed by atoms with Gasteiger partial charge in [-0.25, -0.2) is 9.59 Å². The summed E-state index contributed by atoms with van der Waals surface area (Å²) in [5, 5.41) is 20.7. The molecule has 0 aromatic heterocycles. The number of phenols is 1. The number of rotatable bonds is 3. The highest BCUT2D eigenvalue weighted by atomic mass is 16.6. The van der Waals surface area contributed by atoms with Crippen molar-refractivity contribution in [2.45, 2.75) is 6.92 Å². The molecule has 0 radical (unpaired) electrons. The van der Waals surface area contributed by atoms with E-state index >= 15 is 0 Å². The first kappa shape index (κ1) is 14.4. The van der Waals surface area contributed by atoms with Gasteiger partial charge >= 0.3 is 12.1 Å². The maximum Gasteiger partial charge on any atom is 0.417 e. The van der Waals surface area contributed by atoms with Gasteiger partial charge in [-0.3, -0.25) is 5.32 Å². The van der Waals surface area contributed by atoms with E-state index in [1.807, 2.05) is 6.07 Å². The third-order valence-electron chi connectivity index (χ3n) is 2.77. The molecule has 0 unspecified atom stereocenters. The second kappa shape index (κ2) is 5.96. The predicted octanol–water partition coefficient (Wildman–Crippen LogP) is 3.01. The molecule has 6 heteroatoms. The van der Waals surface area contributed by atoms with Crippen LogP contribution in [0.15, 0.2) is 42.5 Å². The van der Waals surface area contributed by atoms with E-state index in [4.69, 9.17) is 9.84 Å². The Bertz CT molecular complexity index is 696. The summed E-state index contributed by atoms with van der Waals surface area (Å²) < 4.78 is 5.12. The lowest BCUT2D eigenvalue weighted by atomic mass is 10.2. The molecule has 2 aromatic rings. The maximum absolute atomic E-state index is 11.7. The summed E-state index contributed by atoms with van der Waals surface area (Å²) in [6.07, 6.45) is -0.730. The van der Waals surface area contributed by atoms with Crippen molar-refractivity contribution in [2.24, 2.45) is 0 Å². The summed E-state index contributed by atoms with van der Waals surface area (Å²) in [7, 11) is 0. The van der Waals surface area contributed by atoms with E-state index in [1.54, 1.807) is 25.1 Å². The van der Waals surface area contributed by atoms with E-state index in [0.29, 0.717) is 5.75 Å². The number of para-hydroxylation sites is 1. The smallest absolute Gasteiger partial charge is 0.417 e. The molecule has 0 fully saturated rings. The van der Waals surface area contributed by atoms with Crippen LogP contribution in [0.4, 0.5) is 10.5 Å². The fourth-order valence-electron chi connectivity index (χ4n) is 1.70. The van der Waals surface area contributed by atoms with Crippen LogP contribution in [0.1, 0.15) is 15.9 Å². The zero-order valence-corrected chi connectivity index (χ0v) is 11.2. The fraction of sp³-hybridized carbons (Fsp3) is 0.0667. The topological polar surface area (TPSA) is 95.9 Å². The molecule has 0 bridgehead atoms. The molecule has 0 aliphatic heterocycles. The molecular formula is C15H13NO5. The van der Waals surface area contributed by atoms with E-state index in [1.165, 1.54) is 12.1 Å².